The lowest BCUT2D eigenvalue weighted by Crippen LogP contribution is -2.11. The predicted octanol–water partition coefficient (Wildman–Crippen LogP) is 3.02. The summed E-state index contributed by atoms with van der Waals surface area (Å²) in [5.74, 6) is 0. The number of aromatic nitrogens is 2. The van der Waals surface area contributed by atoms with Gasteiger partial charge in [-0.3, -0.25) is 0 Å². The van der Waals surface area contributed by atoms with Crippen molar-refractivity contribution >= 4 is 0 Å². The molecule has 0 atom stereocenters. The first kappa shape index (κ1) is 11.2. The largest absolute Gasteiger partial charge is 0.159 e. The molecule has 1 aromatic heterocycles. The summed E-state index contributed by atoms with van der Waals surface area (Å²) in [5, 5.41) is 8.19. The summed E-state index contributed by atoms with van der Waals surface area (Å²) in [5.41, 5.74) is 2.71. The van der Waals surface area contributed by atoms with Gasteiger partial charge in [0.15, 0.2) is 0 Å². The molecule has 14 heavy (non-hydrogen) atoms. The van der Waals surface area contributed by atoms with Crippen LogP contribution in [-0.2, 0) is 12.8 Å². The Morgan fingerprint density at radius 2 is 2.00 bits per heavy atom. The van der Waals surface area contributed by atoms with Gasteiger partial charge in [-0.25, -0.2) is 0 Å². The van der Waals surface area contributed by atoms with E-state index in [0.717, 1.165) is 18.5 Å². The molecule has 0 radical (unpaired) electrons. The van der Waals surface area contributed by atoms with Gasteiger partial charge in [-0.2, -0.15) is 10.2 Å². The van der Waals surface area contributed by atoms with Crippen molar-refractivity contribution < 1.29 is 0 Å². The maximum absolute atomic E-state index is 4.16. The molecule has 0 bridgehead atoms. The van der Waals surface area contributed by atoms with E-state index in [4.69, 9.17) is 0 Å². The molecule has 1 rings (SSSR count). The molecular weight excluding hydrogens is 172 g/mol. The molecule has 0 fully saturated rings. The smallest absolute Gasteiger partial charge is 0.0639 e. The zero-order chi connectivity index (χ0) is 10.6. The molecule has 0 saturated carbocycles. The van der Waals surface area contributed by atoms with Crippen molar-refractivity contribution in [3.8, 4) is 0 Å². The van der Waals surface area contributed by atoms with Crippen LogP contribution in [0.2, 0.25) is 0 Å². The number of hydrogen-bond acceptors (Lipinski definition) is 2. The average Bonchev–Trinajstić information content (AvgIpc) is 2.02. The van der Waals surface area contributed by atoms with E-state index in [2.05, 4.69) is 44.0 Å². The van der Waals surface area contributed by atoms with Gasteiger partial charge in [-0.1, -0.05) is 34.1 Å². The van der Waals surface area contributed by atoms with E-state index in [1.54, 1.807) is 0 Å². The van der Waals surface area contributed by atoms with Gasteiger partial charge in [-0.15, -0.1) is 0 Å². The van der Waals surface area contributed by atoms with Crippen LogP contribution in [0.1, 0.15) is 45.4 Å². The van der Waals surface area contributed by atoms with E-state index in [1.165, 1.54) is 12.0 Å². The molecule has 2 heteroatoms. The van der Waals surface area contributed by atoms with Gasteiger partial charge in [0.25, 0.3) is 0 Å². The fourth-order valence-electron chi connectivity index (χ4n) is 1.51. The lowest BCUT2D eigenvalue weighted by Gasteiger charge is -2.17. The van der Waals surface area contributed by atoms with Gasteiger partial charge < -0.3 is 0 Å². The van der Waals surface area contributed by atoms with Crippen molar-refractivity contribution in [3.05, 3.63) is 23.5 Å². The minimum absolute atomic E-state index is 0.291. The van der Waals surface area contributed by atoms with E-state index in [0.29, 0.717) is 5.41 Å². The fraction of sp³-hybridized carbons (Fsp3) is 0.667. The van der Waals surface area contributed by atoms with Crippen LogP contribution in [0.5, 0.6) is 0 Å². The van der Waals surface area contributed by atoms with Crippen LogP contribution in [0, 0.1) is 5.41 Å². The van der Waals surface area contributed by atoms with Crippen molar-refractivity contribution in [2.24, 2.45) is 5.41 Å². The molecule has 1 heterocycles. The highest BCUT2D eigenvalue weighted by Crippen LogP contribution is 2.19. The van der Waals surface area contributed by atoms with Gasteiger partial charge in [0.1, 0.15) is 0 Å². The summed E-state index contributed by atoms with van der Waals surface area (Å²) in [6.45, 7) is 8.85. The Labute approximate surface area is 86.8 Å². The molecule has 0 amide bonds. The van der Waals surface area contributed by atoms with Gasteiger partial charge in [0, 0.05) is 0 Å². The quantitative estimate of drug-likeness (QED) is 0.735. The number of hydrogen-bond donors (Lipinski definition) is 0. The molecule has 0 N–H and O–H groups in total. The van der Waals surface area contributed by atoms with Gasteiger partial charge in [0.2, 0.25) is 0 Å². The van der Waals surface area contributed by atoms with Gasteiger partial charge in [-0.05, 0) is 29.9 Å². The molecule has 78 valence electrons. The van der Waals surface area contributed by atoms with E-state index >= 15 is 0 Å². The summed E-state index contributed by atoms with van der Waals surface area (Å²) >= 11 is 0. The third-order valence-electron chi connectivity index (χ3n) is 2.01. The molecule has 0 spiro atoms. The molecule has 0 aliphatic rings. The second kappa shape index (κ2) is 4.54. The standard InChI is InChI=1S/C12H20N2/c1-5-6-10-7-11(14-13-9-10)8-12(2,3)4/h7,9H,5-6,8H2,1-4H3. The zero-order valence-corrected chi connectivity index (χ0v) is 9.67. The van der Waals surface area contributed by atoms with Crippen LogP contribution in [0.25, 0.3) is 0 Å². The van der Waals surface area contributed by atoms with Crippen LogP contribution in [0.4, 0.5) is 0 Å². The number of aryl methyl sites for hydroxylation is 1. The monoisotopic (exact) mass is 192 g/mol. The molecule has 1 aromatic rings. The van der Waals surface area contributed by atoms with Crippen LogP contribution in [0.15, 0.2) is 12.3 Å². The Balaban J connectivity index is 2.73. The van der Waals surface area contributed by atoms with Crippen LogP contribution in [-0.4, -0.2) is 10.2 Å². The summed E-state index contributed by atoms with van der Waals surface area (Å²) in [7, 11) is 0. The molecule has 0 aromatic carbocycles. The average molecular weight is 192 g/mol. The van der Waals surface area contributed by atoms with E-state index in [9.17, 15) is 0 Å². The highest BCUT2D eigenvalue weighted by Gasteiger charge is 2.12. The van der Waals surface area contributed by atoms with Crippen molar-refractivity contribution in [1.29, 1.82) is 0 Å². The Hall–Kier alpha value is -0.920. The molecule has 2 nitrogen and oxygen atoms in total. The lowest BCUT2D eigenvalue weighted by atomic mass is 9.90. The third-order valence-corrected chi connectivity index (χ3v) is 2.01. The van der Waals surface area contributed by atoms with Gasteiger partial charge in [0.05, 0.1) is 11.9 Å². The Morgan fingerprint density at radius 1 is 1.29 bits per heavy atom. The summed E-state index contributed by atoms with van der Waals surface area (Å²) in [6.07, 6.45) is 5.14. The summed E-state index contributed by atoms with van der Waals surface area (Å²) < 4.78 is 0. The summed E-state index contributed by atoms with van der Waals surface area (Å²) in [4.78, 5) is 0. The maximum Gasteiger partial charge on any atom is 0.0639 e. The highest BCUT2D eigenvalue weighted by molar-refractivity contribution is 5.13. The van der Waals surface area contributed by atoms with E-state index in [-0.39, 0.29) is 0 Å². The third kappa shape index (κ3) is 3.86. The Morgan fingerprint density at radius 3 is 2.57 bits per heavy atom. The molecule has 0 aliphatic carbocycles. The normalized spacial score (nSPS) is 11.7. The molecular formula is C12H20N2. The first-order valence-electron chi connectivity index (χ1n) is 5.32. The first-order chi connectivity index (χ1) is 6.51. The number of nitrogens with zero attached hydrogens (tertiary/aromatic N) is 2. The molecule has 0 saturated heterocycles. The van der Waals surface area contributed by atoms with E-state index in [1.807, 2.05) is 6.20 Å². The zero-order valence-electron chi connectivity index (χ0n) is 9.67. The minimum Gasteiger partial charge on any atom is -0.159 e. The van der Waals surface area contributed by atoms with Gasteiger partial charge >= 0.3 is 0 Å². The predicted molar refractivity (Wildman–Crippen MR) is 59.2 cm³/mol. The second-order valence-electron chi connectivity index (χ2n) is 5.04. The first-order valence-corrected chi connectivity index (χ1v) is 5.32. The Bertz CT molecular complexity index is 287. The van der Waals surface area contributed by atoms with Crippen molar-refractivity contribution in [2.45, 2.75) is 47.0 Å². The summed E-state index contributed by atoms with van der Waals surface area (Å²) in [6, 6.07) is 2.18. The molecule has 0 unspecified atom stereocenters. The van der Waals surface area contributed by atoms with Crippen molar-refractivity contribution in [2.75, 3.05) is 0 Å². The minimum atomic E-state index is 0.291. The van der Waals surface area contributed by atoms with Crippen LogP contribution >= 0.6 is 0 Å². The topological polar surface area (TPSA) is 25.8 Å². The highest BCUT2D eigenvalue weighted by atomic mass is 15.1. The Kier molecular flexibility index (Phi) is 3.62. The number of rotatable bonds is 3. The lowest BCUT2D eigenvalue weighted by molar-refractivity contribution is 0.404. The van der Waals surface area contributed by atoms with Crippen LogP contribution < -0.4 is 0 Å². The fourth-order valence-corrected chi connectivity index (χ4v) is 1.51. The maximum atomic E-state index is 4.16. The van der Waals surface area contributed by atoms with E-state index < -0.39 is 0 Å². The van der Waals surface area contributed by atoms with Crippen molar-refractivity contribution in [3.63, 3.8) is 0 Å². The van der Waals surface area contributed by atoms with Crippen LogP contribution in [0.3, 0.4) is 0 Å². The molecule has 0 aliphatic heterocycles. The van der Waals surface area contributed by atoms with Crippen molar-refractivity contribution in [1.82, 2.24) is 10.2 Å². The second-order valence-corrected chi connectivity index (χ2v) is 5.04. The SMILES string of the molecule is CCCc1cnnc(CC(C)(C)C)c1.